The van der Waals surface area contributed by atoms with Gasteiger partial charge in [-0.15, -0.1) is 0 Å². The lowest BCUT2D eigenvalue weighted by atomic mass is 9.83. The highest BCUT2D eigenvalue weighted by molar-refractivity contribution is 6.06. The van der Waals surface area contributed by atoms with E-state index >= 15 is 0 Å². The molecule has 1 fully saturated rings. The van der Waals surface area contributed by atoms with Gasteiger partial charge in [-0.3, -0.25) is 9.59 Å². The maximum atomic E-state index is 13.3. The minimum absolute atomic E-state index is 0.00732. The van der Waals surface area contributed by atoms with E-state index in [1.54, 1.807) is 0 Å². The number of ether oxygens (including phenoxy) is 1. The average molecular weight is 441 g/mol. The van der Waals surface area contributed by atoms with E-state index in [1.807, 2.05) is 6.08 Å². The van der Waals surface area contributed by atoms with Crippen molar-refractivity contribution in [2.75, 3.05) is 11.5 Å². The van der Waals surface area contributed by atoms with E-state index in [4.69, 9.17) is 14.6 Å². The van der Waals surface area contributed by atoms with E-state index in [-0.39, 0.29) is 24.0 Å². The number of amides is 1. The Hall–Kier alpha value is -2.76. The standard InChI is InChI=1S/C25H34N2O2.CH2O2/c1-5-10-20-16-29-23-18(6-2)11-12-19-15-21(17(3)27(20)22(19)23)24(28)26-25(4)13-8-7-9-14-25;2-1-3/h11-12,15,20H,3,5-10,13-14,16H2,1-2,4H3,(H,26,28);1H,(H,2,3). The second-order valence-electron chi connectivity index (χ2n) is 9.15. The molecule has 2 aliphatic heterocycles. The van der Waals surface area contributed by atoms with Gasteiger partial charge in [0.1, 0.15) is 12.4 Å². The van der Waals surface area contributed by atoms with Gasteiger partial charge in [-0.2, -0.15) is 0 Å². The van der Waals surface area contributed by atoms with Gasteiger partial charge in [-0.1, -0.05) is 58.2 Å². The molecule has 0 spiro atoms. The Balaban J connectivity index is 0.000000913. The van der Waals surface area contributed by atoms with Gasteiger partial charge in [-0.25, -0.2) is 0 Å². The zero-order valence-electron chi connectivity index (χ0n) is 19.6. The van der Waals surface area contributed by atoms with Gasteiger partial charge in [0.25, 0.3) is 12.4 Å². The Bertz CT molecular complexity index is 899. The number of rotatable bonds is 5. The molecule has 4 rings (SSSR count). The molecule has 0 radical (unpaired) electrons. The van der Waals surface area contributed by atoms with Crippen molar-refractivity contribution in [3.05, 3.63) is 41.1 Å². The Morgan fingerprint density at radius 1 is 1.31 bits per heavy atom. The molecule has 1 saturated carbocycles. The van der Waals surface area contributed by atoms with E-state index in [9.17, 15) is 4.79 Å². The molecule has 32 heavy (non-hydrogen) atoms. The number of aryl methyl sites for hydroxylation is 1. The summed E-state index contributed by atoms with van der Waals surface area (Å²) in [6, 6.07) is 4.48. The molecule has 0 aromatic heterocycles. The highest BCUT2D eigenvalue weighted by Crippen LogP contribution is 2.47. The molecular weight excluding hydrogens is 404 g/mol. The Morgan fingerprint density at radius 2 is 2.00 bits per heavy atom. The third-order valence-electron chi connectivity index (χ3n) is 6.79. The number of hydrogen-bond acceptors (Lipinski definition) is 4. The van der Waals surface area contributed by atoms with Crippen LogP contribution in [-0.4, -0.2) is 35.7 Å². The first-order valence-corrected chi connectivity index (χ1v) is 11.8. The molecule has 3 aliphatic rings. The number of hydrogen-bond donors (Lipinski definition) is 2. The van der Waals surface area contributed by atoms with Gasteiger partial charge in [0.2, 0.25) is 0 Å². The number of benzene rings is 1. The van der Waals surface area contributed by atoms with Crippen molar-refractivity contribution in [3.63, 3.8) is 0 Å². The normalized spacial score (nSPS) is 20.7. The van der Waals surface area contributed by atoms with Crippen LogP contribution < -0.4 is 15.0 Å². The summed E-state index contributed by atoms with van der Waals surface area (Å²) in [6.45, 7) is 11.3. The van der Waals surface area contributed by atoms with Gasteiger partial charge < -0.3 is 20.1 Å². The molecule has 1 amide bonds. The lowest BCUT2D eigenvalue weighted by Crippen LogP contribution is -2.50. The minimum Gasteiger partial charge on any atom is -0.489 e. The van der Waals surface area contributed by atoms with Crippen LogP contribution in [-0.2, 0) is 16.0 Å². The second-order valence-corrected chi connectivity index (χ2v) is 9.15. The number of carbonyl (C=O) groups excluding carboxylic acids is 1. The summed E-state index contributed by atoms with van der Waals surface area (Å²) < 4.78 is 6.23. The van der Waals surface area contributed by atoms with Crippen LogP contribution in [0.4, 0.5) is 5.69 Å². The summed E-state index contributed by atoms with van der Waals surface area (Å²) in [6.07, 6.45) is 10.8. The zero-order valence-corrected chi connectivity index (χ0v) is 19.6. The van der Waals surface area contributed by atoms with Gasteiger partial charge in [0.15, 0.2) is 0 Å². The summed E-state index contributed by atoms with van der Waals surface area (Å²) in [7, 11) is 0. The molecule has 1 aromatic carbocycles. The lowest BCUT2D eigenvalue weighted by molar-refractivity contribution is -0.123. The predicted octanol–water partition coefficient (Wildman–Crippen LogP) is 5.07. The van der Waals surface area contributed by atoms with Crippen LogP contribution in [0.25, 0.3) is 6.08 Å². The third kappa shape index (κ3) is 4.69. The van der Waals surface area contributed by atoms with Crippen LogP contribution in [0.2, 0.25) is 0 Å². The fourth-order valence-corrected chi connectivity index (χ4v) is 5.13. The zero-order chi connectivity index (χ0) is 23.3. The van der Waals surface area contributed by atoms with Crippen LogP contribution in [0.1, 0.15) is 76.8 Å². The highest BCUT2D eigenvalue weighted by atomic mass is 16.5. The molecule has 1 atom stereocenters. The van der Waals surface area contributed by atoms with Crippen molar-refractivity contribution in [1.29, 1.82) is 0 Å². The van der Waals surface area contributed by atoms with E-state index in [2.05, 4.69) is 49.7 Å². The molecule has 0 bridgehead atoms. The summed E-state index contributed by atoms with van der Waals surface area (Å²) in [4.78, 5) is 24.0. The number of nitrogens with one attached hydrogen (secondary N) is 1. The number of nitrogens with zero attached hydrogens (tertiary/aromatic N) is 1. The third-order valence-corrected chi connectivity index (χ3v) is 6.79. The van der Waals surface area contributed by atoms with Crippen LogP contribution >= 0.6 is 0 Å². The fourth-order valence-electron chi connectivity index (χ4n) is 5.13. The van der Waals surface area contributed by atoms with Crippen LogP contribution in [0.3, 0.4) is 0 Å². The minimum atomic E-state index is -0.250. The van der Waals surface area contributed by atoms with Crippen molar-refractivity contribution in [2.45, 2.75) is 83.7 Å². The maximum Gasteiger partial charge on any atom is 0.290 e. The Morgan fingerprint density at radius 3 is 2.62 bits per heavy atom. The summed E-state index contributed by atoms with van der Waals surface area (Å²) in [5.41, 5.74) is 4.77. The van der Waals surface area contributed by atoms with E-state index in [1.165, 1.54) is 24.8 Å². The van der Waals surface area contributed by atoms with Crippen LogP contribution in [0.5, 0.6) is 5.75 Å². The Kier molecular flexibility index (Phi) is 7.64. The van der Waals surface area contributed by atoms with E-state index in [0.717, 1.165) is 54.8 Å². The molecule has 1 unspecified atom stereocenters. The van der Waals surface area contributed by atoms with Gasteiger partial charge in [-0.05, 0) is 44.2 Å². The molecule has 174 valence electrons. The quantitative estimate of drug-likeness (QED) is 0.625. The Labute approximate surface area is 191 Å². The summed E-state index contributed by atoms with van der Waals surface area (Å²) in [5, 5.41) is 10.2. The molecule has 2 heterocycles. The van der Waals surface area contributed by atoms with Gasteiger partial charge in [0, 0.05) is 16.8 Å². The first kappa shape index (κ1) is 23.9. The smallest absolute Gasteiger partial charge is 0.290 e. The van der Waals surface area contributed by atoms with E-state index < -0.39 is 0 Å². The maximum absolute atomic E-state index is 13.3. The van der Waals surface area contributed by atoms with Crippen LogP contribution in [0.15, 0.2) is 30.0 Å². The van der Waals surface area contributed by atoms with Crippen molar-refractivity contribution in [1.82, 2.24) is 5.32 Å². The molecular formula is C26H36N2O4. The summed E-state index contributed by atoms with van der Waals surface area (Å²) >= 11 is 0. The first-order valence-electron chi connectivity index (χ1n) is 11.8. The van der Waals surface area contributed by atoms with Gasteiger partial charge >= 0.3 is 0 Å². The highest BCUT2D eigenvalue weighted by Gasteiger charge is 2.38. The fraction of sp³-hybridized carbons (Fsp3) is 0.538. The van der Waals surface area contributed by atoms with Crippen molar-refractivity contribution in [3.8, 4) is 5.75 Å². The van der Waals surface area contributed by atoms with Crippen molar-refractivity contribution < 1.29 is 19.4 Å². The van der Waals surface area contributed by atoms with Crippen molar-refractivity contribution in [2.24, 2.45) is 0 Å². The average Bonchev–Trinajstić information content (AvgIpc) is 2.77. The molecule has 2 N–H and O–H groups in total. The number of carboxylic acid groups (broad SMARTS) is 1. The SMILES string of the molecule is C=C1C(C(=O)NC2(C)CCCCC2)=Cc2ccc(CC)c3c2N1C(CCC)CO3.O=CO. The lowest BCUT2D eigenvalue weighted by Gasteiger charge is -2.44. The number of anilines is 1. The molecule has 0 saturated heterocycles. The topological polar surface area (TPSA) is 78.9 Å². The largest absolute Gasteiger partial charge is 0.489 e. The van der Waals surface area contributed by atoms with Gasteiger partial charge in [0.05, 0.1) is 17.3 Å². The molecule has 1 aromatic rings. The monoisotopic (exact) mass is 440 g/mol. The molecule has 6 heteroatoms. The van der Waals surface area contributed by atoms with Crippen molar-refractivity contribution >= 4 is 24.1 Å². The van der Waals surface area contributed by atoms with Crippen LogP contribution in [0, 0.1) is 0 Å². The first-order chi connectivity index (χ1) is 15.4. The van der Waals surface area contributed by atoms with E-state index in [0.29, 0.717) is 12.2 Å². The molecule has 1 aliphatic carbocycles. The number of carbonyl (C=O) groups is 2. The second kappa shape index (κ2) is 10.2. The predicted molar refractivity (Wildman–Crippen MR) is 128 cm³/mol. The summed E-state index contributed by atoms with van der Waals surface area (Å²) in [5.74, 6) is 0.973. The molecule has 6 nitrogen and oxygen atoms in total.